The van der Waals surface area contributed by atoms with Crippen LogP contribution in [-0.2, 0) is 24.4 Å². The summed E-state index contributed by atoms with van der Waals surface area (Å²) >= 11 is 12.2. The van der Waals surface area contributed by atoms with E-state index in [-0.39, 0.29) is 11.8 Å². The van der Waals surface area contributed by atoms with Crippen LogP contribution in [0.3, 0.4) is 0 Å². The number of likely N-dealkylation sites (tertiary alicyclic amines) is 1. The van der Waals surface area contributed by atoms with Crippen LogP contribution >= 0.6 is 23.2 Å². The average Bonchev–Trinajstić information content (AvgIpc) is 3.28. The van der Waals surface area contributed by atoms with Crippen LogP contribution in [0.4, 0.5) is 0 Å². The Balaban J connectivity index is 1.29. The summed E-state index contributed by atoms with van der Waals surface area (Å²) in [6.45, 7) is 3.83. The lowest BCUT2D eigenvalue weighted by atomic mass is 9.96. The monoisotopic (exact) mass is 456 g/mol. The fraction of sp³-hybridized carbons (Fsp3) is 0.333. The van der Waals surface area contributed by atoms with Gasteiger partial charge in [-0.2, -0.15) is 0 Å². The minimum Gasteiger partial charge on any atom is -0.352 e. The van der Waals surface area contributed by atoms with Gasteiger partial charge >= 0.3 is 0 Å². The van der Waals surface area contributed by atoms with E-state index in [1.54, 1.807) is 12.5 Å². The Bertz CT molecular complexity index is 1020. The molecule has 1 aliphatic heterocycles. The zero-order valence-corrected chi connectivity index (χ0v) is 18.8. The number of hydrogen-bond acceptors (Lipinski definition) is 3. The summed E-state index contributed by atoms with van der Waals surface area (Å²) in [6.07, 6.45) is 7.46. The van der Waals surface area contributed by atoms with E-state index >= 15 is 0 Å². The molecule has 7 heteroatoms. The van der Waals surface area contributed by atoms with Crippen molar-refractivity contribution in [2.75, 3.05) is 13.1 Å². The summed E-state index contributed by atoms with van der Waals surface area (Å²) in [5.74, 6) is 0.129. The third-order valence-corrected chi connectivity index (χ3v) is 6.39. The van der Waals surface area contributed by atoms with Gasteiger partial charge in [-0.05, 0) is 48.2 Å². The Morgan fingerprint density at radius 2 is 1.90 bits per heavy atom. The molecule has 0 radical (unpaired) electrons. The highest BCUT2D eigenvalue weighted by molar-refractivity contribution is 6.42. The van der Waals surface area contributed by atoms with Crippen molar-refractivity contribution in [1.29, 1.82) is 0 Å². The van der Waals surface area contributed by atoms with Gasteiger partial charge in [0.1, 0.15) is 0 Å². The van der Waals surface area contributed by atoms with Gasteiger partial charge in [0, 0.05) is 38.6 Å². The summed E-state index contributed by atoms with van der Waals surface area (Å²) < 4.78 is 2.03. The number of hydrogen-bond donors (Lipinski definition) is 1. The van der Waals surface area contributed by atoms with E-state index in [2.05, 4.69) is 33.4 Å². The van der Waals surface area contributed by atoms with Gasteiger partial charge < -0.3 is 9.88 Å². The largest absolute Gasteiger partial charge is 0.352 e. The molecule has 4 rings (SSSR count). The molecule has 0 bridgehead atoms. The van der Waals surface area contributed by atoms with E-state index in [0.29, 0.717) is 16.6 Å². The van der Waals surface area contributed by atoms with Crippen LogP contribution in [0.25, 0.3) is 0 Å². The Kier molecular flexibility index (Phi) is 7.28. The molecule has 31 heavy (non-hydrogen) atoms. The molecule has 1 amide bonds. The van der Waals surface area contributed by atoms with Crippen LogP contribution in [-0.4, -0.2) is 33.4 Å². The molecule has 2 heterocycles. The molecule has 1 fully saturated rings. The van der Waals surface area contributed by atoms with Crippen LogP contribution < -0.4 is 5.32 Å². The maximum absolute atomic E-state index is 12.8. The number of halogens is 2. The van der Waals surface area contributed by atoms with E-state index in [0.717, 1.165) is 50.1 Å². The van der Waals surface area contributed by atoms with Crippen LogP contribution in [0.15, 0.2) is 61.2 Å². The van der Waals surface area contributed by atoms with Crippen molar-refractivity contribution in [3.05, 3.63) is 87.9 Å². The van der Waals surface area contributed by atoms with Crippen molar-refractivity contribution in [3.8, 4) is 0 Å². The van der Waals surface area contributed by atoms with E-state index in [1.165, 1.54) is 5.56 Å². The van der Waals surface area contributed by atoms with Gasteiger partial charge in [-0.25, -0.2) is 4.98 Å². The zero-order valence-electron chi connectivity index (χ0n) is 17.3. The smallest absolute Gasteiger partial charge is 0.224 e. The van der Waals surface area contributed by atoms with Crippen LogP contribution in [0.2, 0.25) is 10.0 Å². The molecule has 1 aliphatic rings. The second-order valence-corrected chi connectivity index (χ2v) is 8.91. The fourth-order valence-corrected chi connectivity index (χ4v) is 4.39. The standard InChI is InChI=1S/C24H26Cl2N4O/c25-22-7-6-20(12-23(22)26)14-29-9-2-5-21(16-29)24(31)28-13-18-3-1-4-19(11-18)15-30-10-8-27-17-30/h1,3-4,6-8,10-12,17,21H,2,5,9,13-16H2,(H,28,31). The highest BCUT2D eigenvalue weighted by atomic mass is 35.5. The molecule has 1 atom stereocenters. The van der Waals surface area contributed by atoms with Crippen molar-refractivity contribution in [1.82, 2.24) is 19.8 Å². The molecule has 3 aromatic rings. The fourth-order valence-electron chi connectivity index (χ4n) is 4.07. The molecular formula is C24H26Cl2N4O. The summed E-state index contributed by atoms with van der Waals surface area (Å²) in [4.78, 5) is 19.2. The number of carbonyl (C=O) groups excluding carboxylic acids is 1. The molecule has 1 aromatic heterocycles. The summed E-state index contributed by atoms with van der Waals surface area (Å²) in [6, 6.07) is 14.0. The maximum atomic E-state index is 12.8. The summed E-state index contributed by atoms with van der Waals surface area (Å²) in [5.41, 5.74) is 3.41. The summed E-state index contributed by atoms with van der Waals surface area (Å²) in [7, 11) is 0. The maximum Gasteiger partial charge on any atom is 0.224 e. The first-order valence-corrected chi connectivity index (χ1v) is 11.3. The topological polar surface area (TPSA) is 50.2 Å². The third kappa shape index (κ3) is 6.10. The predicted octanol–water partition coefficient (Wildman–Crippen LogP) is 4.77. The molecule has 0 saturated carbocycles. The molecule has 162 valence electrons. The molecule has 1 saturated heterocycles. The normalized spacial score (nSPS) is 16.9. The Labute approximate surface area is 193 Å². The Morgan fingerprint density at radius 3 is 2.71 bits per heavy atom. The van der Waals surface area contributed by atoms with Crippen molar-refractivity contribution in [2.24, 2.45) is 5.92 Å². The van der Waals surface area contributed by atoms with Crippen LogP contribution in [0, 0.1) is 5.92 Å². The van der Waals surface area contributed by atoms with Gasteiger partial charge in [-0.1, -0.05) is 53.5 Å². The number of piperidine rings is 1. The van der Waals surface area contributed by atoms with E-state index in [1.807, 2.05) is 35.0 Å². The number of rotatable bonds is 7. The van der Waals surface area contributed by atoms with Crippen molar-refractivity contribution in [2.45, 2.75) is 32.5 Å². The van der Waals surface area contributed by atoms with Gasteiger partial charge in [-0.3, -0.25) is 9.69 Å². The number of aromatic nitrogens is 2. The highest BCUT2D eigenvalue weighted by Crippen LogP contribution is 2.25. The highest BCUT2D eigenvalue weighted by Gasteiger charge is 2.25. The number of nitrogens with one attached hydrogen (secondary N) is 1. The second kappa shape index (κ2) is 10.3. The van der Waals surface area contributed by atoms with Gasteiger partial charge in [0.25, 0.3) is 0 Å². The van der Waals surface area contributed by atoms with E-state index in [9.17, 15) is 4.79 Å². The molecule has 2 aromatic carbocycles. The zero-order chi connectivity index (χ0) is 21.6. The minimum absolute atomic E-state index is 0.00523. The van der Waals surface area contributed by atoms with Crippen molar-refractivity contribution < 1.29 is 4.79 Å². The quantitative estimate of drug-likeness (QED) is 0.556. The lowest BCUT2D eigenvalue weighted by molar-refractivity contribution is -0.126. The Hall–Kier alpha value is -2.34. The number of imidazole rings is 1. The lowest BCUT2D eigenvalue weighted by Gasteiger charge is -2.32. The van der Waals surface area contributed by atoms with Crippen LogP contribution in [0.1, 0.15) is 29.5 Å². The second-order valence-electron chi connectivity index (χ2n) is 8.10. The average molecular weight is 457 g/mol. The third-order valence-electron chi connectivity index (χ3n) is 5.65. The first kappa shape index (κ1) is 21.9. The SMILES string of the molecule is O=C(NCc1cccc(Cn2ccnc2)c1)C1CCCN(Cc2ccc(Cl)c(Cl)c2)C1. The minimum atomic E-state index is 0.00523. The molecule has 1 unspecified atom stereocenters. The number of nitrogens with zero attached hydrogens (tertiary/aromatic N) is 3. The molecular weight excluding hydrogens is 431 g/mol. The first-order valence-electron chi connectivity index (χ1n) is 10.5. The molecule has 1 N–H and O–H groups in total. The van der Waals surface area contributed by atoms with Gasteiger partial charge in [0.05, 0.1) is 22.3 Å². The van der Waals surface area contributed by atoms with Crippen LogP contribution in [0.5, 0.6) is 0 Å². The van der Waals surface area contributed by atoms with E-state index < -0.39 is 0 Å². The number of benzene rings is 2. The number of carbonyl (C=O) groups is 1. The Morgan fingerprint density at radius 1 is 1.06 bits per heavy atom. The molecule has 5 nitrogen and oxygen atoms in total. The lowest BCUT2D eigenvalue weighted by Crippen LogP contribution is -2.42. The summed E-state index contributed by atoms with van der Waals surface area (Å²) in [5, 5.41) is 4.27. The van der Waals surface area contributed by atoms with Crippen molar-refractivity contribution >= 4 is 29.1 Å². The van der Waals surface area contributed by atoms with Crippen molar-refractivity contribution in [3.63, 3.8) is 0 Å². The molecule has 0 spiro atoms. The number of amides is 1. The van der Waals surface area contributed by atoms with Gasteiger partial charge in [0.15, 0.2) is 0 Å². The predicted molar refractivity (Wildman–Crippen MR) is 124 cm³/mol. The first-order chi connectivity index (χ1) is 15.1. The van der Waals surface area contributed by atoms with E-state index in [4.69, 9.17) is 23.2 Å². The molecule has 0 aliphatic carbocycles. The van der Waals surface area contributed by atoms with Gasteiger partial charge in [0.2, 0.25) is 5.91 Å². The van der Waals surface area contributed by atoms with Gasteiger partial charge in [-0.15, -0.1) is 0 Å².